The molecule has 3 heterocycles. The van der Waals surface area contributed by atoms with Gasteiger partial charge in [0.25, 0.3) is 0 Å². The highest BCUT2D eigenvalue weighted by molar-refractivity contribution is 5.77. The summed E-state index contributed by atoms with van der Waals surface area (Å²) in [6.07, 6.45) is 7.18. The number of rotatable bonds is 6. The van der Waals surface area contributed by atoms with Crippen LogP contribution in [-0.2, 0) is 4.74 Å². The fraction of sp³-hybridized carbons (Fsp3) is 0.542. The van der Waals surface area contributed by atoms with Crippen LogP contribution in [0, 0.1) is 11.3 Å². The minimum atomic E-state index is -0.346. The zero-order valence-corrected chi connectivity index (χ0v) is 17.3. The van der Waals surface area contributed by atoms with Crippen LogP contribution in [0.5, 0.6) is 5.75 Å². The Morgan fingerprint density at radius 1 is 1.25 bits per heavy atom. The van der Waals surface area contributed by atoms with Gasteiger partial charge in [-0.1, -0.05) is 19.4 Å². The lowest BCUT2D eigenvalue weighted by Gasteiger charge is -2.39. The molecule has 3 atom stereocenters. The summed E-state index contributed by atoms with van der Waals surface area (Å²) in [4.78, 5) is 11.4. The Morgan fingerprint density at radius 2 is 2.04 bits per heavy atom. The standard InChI is InChI=1S/C24H30O4/c1-16(5-9-20-23(2,3)21-11-13-24(20,4)28-21)12-14-26-18-8-6-17-7-10-22(25)27-19(17)15-18/h6-8,10,12,15,20-21H,5,9,11,13-14H2,1-4H3/b16-12+/t20?,21-,24+/m1/s1. The van der Waals surface area contributed by atoms with Gasteiger partial charge >= 0.3 is 5.63 Å². The molecule has 2 bridgehead atoms. The summed E-state index contributed by atoms with van der Waals surface area (Å²) in [5, 5.41) is 0.892. The smallest absolute Gasteiger partial charge is 0.336 e. The predicted molar refractivity (Wildman–Crippen MR) is 111 cm³/mol. The summed E-state index contributed by atoms with van der Waals surface area (Å²) in [7, 11) is 0. The molecule has 2 aliphatic rings. The van der Waals surface area contributed by atoms with Crippen LogP contribution < -0.4 is 10.4 Å². The van der Waals surface area contributed by atoms with Crippen LogP contribution in [0.1, 0.15) is 53.4 Å². The maximum Gasteiger partial charge on any atom is 0.336 e. The first kappa shape index (κ1) is 19.3. The fourth-order valence-corrected chi connectivity index (χ4v) is 5.21. The molecule has 0 amide bonds. The van der Waals surface area contributed by atoms with Gasteiger partial charge in [0, 0.05) is 17.5 Å². The molecule has 2 aromatic rings. The second-order valence-electron chi connectivity index (χ2n) is 9.19. The Kier molecular flexibility index (Phi) is 4.86. The van der Waals surface area contributed by atoms with Gasteiger partial charge in [-0.15, -0.1) is 0 Å². The predicted octanol–water partition coefficient (Wildman–Crippen LogP) is 5.49. The molecule has 1 aromatic heterocycles. The maximum absolute atomic E-state index is 11.4. The lowest BCUT2D eigenvalue weighted by atomic mass is 9.62. The van der Waals surface area contributed by atoms with E-state index in [1.807, 2.05) is 12.1 Å². The van der Waals surface area contributed by atoms with Gasteiger partial charge in [0.05, 0.1) is 11.7 Å². The van der Waals surface area contributed by atoms with E-state index in [1.54, 1.807) is 12.1 Å². The largest absolute Gasteiger partial charge is 0.489 e. The zero-order chi connectivity index (χ0) is 19.9. The highest BCUT2D eigenvalue weighted by Gasteiger charge is 2.60. The molecule has 0 aliphatic carbocycles. The molecular formula is C24H30O4. The van der Waals surface area contributed by atoms with Crippen LogP contribution in [-0.4, -0.2) is 18.3 Å². The molecule has 0 radical (unpaired) electrons. The molecular weight excluding hydrogens is 352 g/mol. The molecule has 0 saturated carbocycles. The quantitative estimate of drug-likeness (QED) is 0.489. The molecule has 0 N–H and O–H groups in total. The van der Waals surface area contributed by atoms with Crippen LogP contribution in [0.3, 0.4) is 0 Å². The second kappa shape index (κ2) is 7.07. The van der Waals surface area contributed by atoms with E-state index in [0.717, 1.165) is 18.2 Å². The Balaban J connectivity index is 1.33. The van der Waals surface area contributed by atoms with Crippen molar-refractivity contribution in [2.45, 2.75) is 65.1 Å². The first-order valence-electron chi connectivity index (χ1n) is 10.3. The number of hydrogen-bond donors (Lipinski definition) is 0. The highest BCUT2D eigenvalue weighted by Crippen LogP contribution is 2.59. The molecule has 4 nitrogen and oxygen atoms in total. The first-order chi connectivity index (χ1) is 13.3. The summed E-state index contributed by atoms with van der Waals surface area (Å²) in [6.45, 7) is 9.72. The van der Waals surface area contributed by atoms with Gasteiger partial charge in [-0.2, -0.15) is 0 Å². The third-order valence-electron chi connectivity index (χ3n) is 6.88. The Labute approximate surface area is 166 Å². The third-order valence-corrected chi connectivity index (χ3v) is 6.88. The SMILES string of the molecule is C/C(=C\COc1ccc2ccc(=O)oc2c1)CCC1C(C)(C)[C@H]2CC[C@]1(C)O2. The van der Waals surface area contributed by atoms with Crippen LogP contribution >= 0.6 is 0 Å². The summed E-state index contributed by atoms with van der Waals surface area (Å²) in [5.74, 6) is 1.31. The van der Waals surface area contributed by atoms with Crippen molar-refractivity contribution in [2.75, 3.05) is 6.61 Å². The van der Waals surface area contributed by atoms with E-state index < -0.39 is 0 Å². The van der Waals surface area contributed by atoms with Crippen LogP contribution in [0.15, 0.2) is 51.2 Å². The molecule has 28 heavy (non-hydrogen) atoms. The molecule has 2 fully saturated rings. The van der Waals surface area contributed by atoms with Crippen molar-refractivity contribution < 1.29 is 13.9 Å². The minimum absolute atomic E-state index is 0.0555. The lowest BCUT2D eigenvalue weighted by Crippen LogP contribution is -2.40. The molecule has 2 aliphatic heterocycles. The normalized spacial score (nSPS) is 28.8. The molecule has 150 valence electrons. The van der Waals surface area contributed by atoms with E-state index in [2.05, 4.69) is 33.8 Å². The Bertz CT molecular complexity index is 950. The van der Waals surface area contributed by atoms with Gasteiger partial charge in [0.2, 0.25) is 0 Å². The lowest BCUT2D eigenvalue weighted by molar-refractivity contribution is 0.00469. The summed E-state index contributed by atoms with van der Waals surface area (Å²) in [5.41, 5.74) is 1.87. The number of benzene rings is 1. The zero-order valence-electron chi connectivity index (χ0n) is 17.3. The molecule has 1 unspecified atom stereocenters. The van der Waals surface area contributed by atoms with Crippen molar-refractivity contribution in [3.8, 4) is 5.75 Å². The minimum Gasteiger partial charge on any atom is -0.489 e. The van der Waals surface area contributed by atoms with Crippen molar-refractivity contribution in [3.63, 3.8) is 0 Å². The van der Waals surface area contributed by atoms with E-state index in [1.165, 1.54) is 24.5 Å². The van der Waals surface area contributed by atoms with Gasteiger partial charge in [-0.3, -0.25) is 0 Å². The van der Waals surface area contributed by atoms with E-state index in [-0.39, 0.29) is 16.6 Å². The first-order valence-corrected chi connectivity index (χ1v) is 10.3. The second-order valence-corrected chi connectivity index (χ2v) is 9.19. The van der Waals surface area contributed by atoms with Crippen molar-refractivity contribution in [1.82, 2.24) is 0 Å². The van der Waals surface area contributed by atoms with Gasteiger partial charge in [-0.05, 0) is 75.1 Å². The average Bonchev–Trinajstić information content (AvgIpc) is 3.12. The topological polar surface area (TPSA) is 48.7 Å². The van der Waals surface area contributed by atoms with Gasteiger partial charge < -0.3 is 13.9 Å². The van der Waals surface area contributed by atoms with Crippen molar-refractivity contribution >= 4 is 11.0 Å². The average molecular weight is 383 g/mol. The number of fused-ring (bicyclic) bond motifs is 3. The molecule has 4 rings (SSSR count). The van der Waals surface area contributed by atoms with Crippen molar-refractivity contribution in [2.24, 2.45) is 11.3 Å². The Hall–Kier alpha value is -2.07. The summed E-state index contributed by atoms with van der Waals surface area (Å²) >= 11 is 0. The monoisotopic (exact) mass is 382 g/mol. The summed E-state index contributed by atoms with van der Waals surface area (Å²) in [6, 6.07) is 8.77. The Morgan fingerprint density at radius 3 is 2.79 bits per heavy atom. The molecule has 4 heteroatoms. The van der Waals surface area contributed by atoms with E-state index in [0.29, 0.717) is 30.0 Å². The van der Waals surface area contributed by atoms with E-state index >= 15 is 0 Å². The van der Waals surface area contributed by atoms with E-state index in [4.69, 9.17) is 13.9 Å². The molecule has 0 spiro atoms. The van der Waals surface area contributed by atoms with Gasteiger partial charge in [0.15, 0.2) is 0 Å². The van der Waals surface area contributed by atoms with Crippen LogP contribution in [0.2, 0.25) is 0 Å². The third kappa shape index (κ3) is 3.50. The molecule has 1 aromatic carbocycles. The van der Waals surface area contributed by atoms with Crippen molar-refractivity contribution in [1.29, 1.82) is 0 Å². The maximum atomic E-state index is 11.4. The number of hydrogen-bond acceptors (Lipinski definition) is 4. The number of allylic oxidation sites excluding steroid dienone is 1. The van der Waals surface area contributed by atoms with Crippen molar-refractivity contribution in [3.05, 3.63) is 52.4 Å². The van der Waals surface area contributed by atoms with Crippen LogP contribution in [0.4, 0.5) is 0 Å². The van der Waals surface area contributed by atoms with Gasteiger partial charge in [-0.25, -0.2) is 4.79 Å². The number of ether oxygens (including phenoxy) is 2. The van der Waals surface area contributed by atoms with Crippen LogP contribution in [0.25, 0.3) is 11.0 Å². The fourth-order valence-electron chi connectivity index (χ4n) is 5.21. The van der Waals surface area contributed by atoms with Gasteiger partial charge in [0.1, 0.15) is 17.9 Å². The van der Waals surface area contributed by atoms with E-state index in [9.17, 15) is 4.79 Å². The molecule has 2 saturated heterocycles. The summed E-state index contributed by atoms with van der Waals surface area (Å²) < 4.78 is 17.4. The highest BCUT2D eigenvalue weighted by atomic mass is 16.5.